The van der Waals surface area contributed by atoms with Crippen LogP contribution in [-0.4, -0.2) is 15.9 Å². The van der Waals surface area contributed by atoms with Crippen LogP contribution in [0.4, 0.5) is 17.3 Å². The lowest BCUT2D eigenvalue weighted by Gasteiger charge is -2.12. The van der Waals surface area contributed by atoms with Crippen LogP contribution in [0.15, 0.2) is 54.6 Å². The summed E-state index contributed by atoms with van der Waals surface area (Å²) in [6.45, 7) is 6.02. The first kappa shape index (κ1) is 18.6. The highest BCUT2D eigenvalue weighted by atomic mass is 16.1. The predicted octanol–water partition coefficient (Wildman–Crippen LogP) is 4.91. The fourth-order valence-corrected chi connectivity index (χ4v) is 2.95. The summed E-state index contributed by atoms with van der Waals surface area (Å²) >= 11 is 0. The van der Waals surface area contributed by atoms with E-state index in [4.69, 9.17) is 0 Å². The fourth-order valence-electron chi connectivity index (χ4n) is 2.95. The summed E-state index contributed by atoms with van der Waals surface area (Å²) < 4.78 is 0. The molecule has 0 unspecified atom stereocenters. The number of aryl methyl sites for hydroxylation is 3. The van der Waals surface area contributed by atoms with Crippen LogP contribution in [0.25, 0.3) is 0 Å². The third kappa shape index (κ3) is 4.50. The molecule has 3 aromatic rings. The first-order chi connectivity index (χ1) is 13.1. The molecule has 0 bridgehead atoms. The zero-order valence-corrected chi connectivity index (χ0v) is 15.9. The van der Waals surface area contributed by atoms with Crippen molar-refractivity contribution < 1.29 is 4.79 Å². The lowest BCUT2D eigenvalue weighted by atomic mass is 10.1. The number of carbonyl (C=O) groups excluding carboxylic acids is 1. The summed E-state index contributed by atoms with van der Waals surface area (Å²) in [6.07, 6.45) is 1.75. The number of anilines is 3. The Kier molecular flexibility index (Phi) is 5.81. The number of para-hydroxylation sites is 2. The van der Waals surface area contributed by atoms with Gasteiger partial charge in [0.25, 0.3) is 5.91 Å². The lowest BCUT2D eigenvalue weighted by molar-refractivity contribution is 0.102. The summed E-state index contributed by atoms with van der Waals surface area (Å²) in [5.41, 5.74) is 5.10. The van der Waals surface area contributed by atoms with Gasteiger partial charge in [-0.2, -0.15) is 0 Å². The van der Waals surface area contributed by atoms with Crippen molar-refractivity contribution in [2.45, 2.75) is 33.6 Å². The van der Waals surface area contributed by atoms with E-state index in [-0.39, 0.29) is 5.91 Å². The van der Waals surface area contributed by atoms with Crippen molar-refractivity contribution in [1.82, 2.24) is 9.97 Å². The predicted molar refractivity (Wildman–Crippen MR) is 110 cm³/mol. The van der Waals surface area contributed by atoms with E-state index in [1.807, 2.05) is 49.4 Å². The maximum absolute atomic E-state index is 12.7. The van der Waals surface area contributed by atoms with Gasteiger partial charge < -0.3 is 10.6 Å². The summed E-state index contributed by atoms with van der Waals surface area (Å²) in [5.74, 6) is 0.179. The molecule has 1 amide bonds. The van der Waals surface area contributed by atoms with Gasteiger partial charge >= 0.3 is 0 Å². The number of nitrogens with zero attached hydrogens (tertiary/aromatic N) is 2. The SMILES string of the molecule is CCc1ccccc1NC(=O)c1cc(C)nc(Nc2ccccc2CC)n1. The van der Waals surface area contributed by atoms with E-state index in [2.05, 4.69) is 40.5 Å². The van der Waals surface area contributed by atoms with E-state index in [9.17, 15) is 4.79 Å². The normalized spacial score (nSPS) is 10.5. The van der Waals surface area contributed by atoms with Crippen LogP contribution in [0.1, 0.15) is 41.2 Å². The maximum atomic E-state index is 12.7. The Labute approximate surface area is 159 Å². The molecule has 27 heavy (non-hydrogen) atoms. The van der Waals surface area contributed by atoms with Crippen LogP contribution >= 0.6 is 0 Å². The molecule has 3 rings (SSSR count). The van der Waals surface area contributed by atoms with Crippen molar-refractivity contribution in [2.75, 3.05) is 10.6 Å². The number of amides is 1. The van der Waals surface area contributed by atoms with Gasteiger partial charge in [0, 0.05) is 17.1 Å². The van der Waals surface area contributed by atoms with Gasteiger partial charge in [0.05, 0.1) is 0 Å². The van der Waals surface area contributed by atoms with Crippen LogP contribution in [0.3, 0.4) is 0 Å². The van der Waals surface area contributed by atoms with Crippen LogP contribution in [0, 0.1) is 6.92 Å². The molecule has 2 N–H and O–H groups in total. The molecule has 1 aromatic heterocycles. The van der Waals surface area contributed by atoms with Crippen molar-refractivity contribution in [3.05, 3.63) is 77.1 Å². The third-order valence-electron chi connectivity index (χ3n) is 4.38. The minimum Gasteiger partial charge on any atom is -0.324 e. The Morgan fingerprint density at radius 1 is 0.889 bits per heavy atom. The Morgan fingerprint density at radius 2 is 1.48 bits per heavy atom. The number of hydrogen-bond acceptors (Lipinski definition) is 4. The molecule has 1 heterocycles. The number of rotatable bonds is 6. The maximum Gasteiger partial charge on any atom is 0.274 e. The number of hydrogen-bond donors (Lipinski definition) is 2. The lowest BCUT2D eigenvalue weighted by Crippen LogP contribution is -2.16. The van der Waals surface area contributed by atoms with E-state index in [1.165, 1.54) is 5.56 Å². The molecular formula is C22H24N4O. The zero-order valence-electron chi connectivity index (χ0n) is 15.9. The number of nitrogens with one attached hydrogen (secondary N) is 2. The van der Waals surface area contributed by atoms with Crippen molar-refractivity contribution in [3.63, 3.8) is 0 Å². The van der Waals surface area contributed by atoms with Crippen LogP contribution in [0.5, 0.6) is 0 Å². The highest BCUT2D eigenvalue weighted by Gasteiger charge is 2.13. The molecule has 0 saturated carbocycles. The second-order valence-electron chi connectivity index (χ2n) is 6.32. The third-order valence-corrected chi connectivity index (χ3v) is 4.38. The number of aromatic nitrogens is 2. The molecule has 138 valence electrons. The summed E-state index contributed by atoms with van der Waals surface area (Å²) in [5, 5.41) is 6.21. The second kappa shape index (κ2) is 8.45. The molecule has 2 aromatic carbocycles. The molecule has 0 atom stereocenters. The minimum atomic E-state index is -0.242. The van der Waals surface area contributed by atoms with Gasteiger partial charge in [-0.05, 0) is 49.1 Å². The molecule has 0 aliphatic heterocycles. The standard InChI is InChI=1S/C22H24N4O/c1-4-16-10-6-8-12-18(16)24-21(27)20-14-15(3)23-22(26-20)25-19-13-9-7-11-17(19)5-2/h6-14H,4-5H2,1-3H3,(H,24,27)(H,23,25,26). The Balaban J connectivity index is 1.85. The van der Waals surface area contributed by atoms with E-state index in [0.29, 0.717) is 11.6 Å². The Bertz CT molecular complexity index is 953. The molecule has 0 saturated heterocycles. The van der Waals surface area contributed by atoms with Gasteiger partial charge in [-0.15, -0.1) is 0 Å². The molecular weight excluding hydrogens is 336 g/mol. The molecule has 0 fully saturated rings. The van der Waals surface area contributed by atoms with Gasteiger partial charge in [-0.3, -0.25) is 4.79 Å². The van der Waals surface area contributed by atoms with Crippen LogP contribution in [0.2, 0.25) is 0 Å². The first-order valence-electron chi connectivity index (χ1n) is 9.20. The monoisotopic (exact) mass is 360 g/mol. The number of carbonyl (C=O) groups is 1. The van der Waals surface area contributed by atoms with E-state index >= 15 is 0 Å². The molecule has 0 aliphatic carbocycles. The van der Waals surface area contributed by atoms with Crippen molar-refractivity contribution in [2.24, 2.45) is 0 Å². The molecule has 0 aliphatic rings. The first-order valence-corrected chi connectivity index (χ1v) is 9.20. The fraction of sp³-hybridized carbons (Fsp3) is 0.227. The van der Waals surface area contributed by atoms with E-state index in [0.717, 1.165) is 35.5 Å². The van der Waals surface area contributed by atoms with Gasteiger partial charge in [0.15, 0.2) is 0 Å². The van der Waals surface area contributed by atoms with Crippen molar-refractivity contribution in [1.29, 1.82) is 0 Å². The Hall–Kier alpha value is -3.21. The largest absolute Gasteiger partial charge is 0.324 e. The quantitative estimate of drug-likeness (QED) is 0.656. The molecule has 0 radical (unpaired) electrons. The van der Waals surface area contributed by atoms with Crippen molar-refractivity contribution in [3.8, 4) is 0 Å². The van der Waals surface area contributed by atoms with Gasteiger partial charge in [0.2, 0.25) is 5.95 Å². The number of benzene rings is 2. The van der Waals surface area contributed by atoms with Crippen molar-refractivity contribution >= 4 is 23.2 Å². The summed E-state index contributed by atoms with van der Waals surface area (Å²) in [7, 11) is 0. The van der Waals surface area contributed by atoms with E-state index in [1.54, 1.807) is 6.07 Å². The molecule has 0 spiro atoms. The zero-order chi connectivity index (χ0) is 19.2. The van der Waals surface area contributed by atoms with Crippen LogP contribution < -0.4 is 10.6 Å². The highest BCUT2D eigenvalue weighted by molar-refractivity contribution is 6.03. The van der Waals surface area contributed by atoms with Gasteiger partial charge in [0.1, 0.15) is 5.69 Å². The molecule has 5 heteroatoms. The summed E-state index contributed by atoms with van der Waals surface area (Å²) in [6, 6.07) is 17.5. The average Bonchev–Trinajstić information content (AvgIpc) is 2.68. The molecule has 5 nitrogen and oxygen atoms in total. The van der Waals surface area contributed by atoms with Gasteiger partial charge in [-0.1, -0.05) is 50.2 Å². The van der Waals surface area contributed by atoms with Gasteiger partial charge in [-0.25, -0.2) is 9.97 Å². The Morgan fingerprint density at radius 3 is 2.15 bits per heavy atom. The van der Waals surface area contributed by atoms with Crippen LogP contribution in [-0.2, 0) is 12.8 Å². The summed E-state index contributed by atoms with van der Waals surface area (Å²) in [4.78, 5) is 21.6. The van der Waals surface area contributed by atoms with E-state index < -0.39 is 0 Å². The topological polar surface area (TPSA) is 66.9 Å². The second-order valence-corrected chi connectivity index (χ2v) is 6.32. The average molecular weight is 360 g/mol. The smallest absolute Gasteiger partial charge is 0.274 e. The minimum absolute atomic E-state index is 0.242. The highest BCUT2D eigenvalue weighted by Crippen LogP contribution is 2.20.